The topological polar surface area (TPSA) is 96.0 Å². The van der Waals surface area contributed by atoms with Gasteiger partial charge in [-0.1, -0.05) is 0 Å². The molecule has 5 nitrogen and oxygen atoms in total. The first-order valence-electron chi connectivity index (χ1n) is 5.50. The Morgan fingerprint density at radius 3 is 2.35 bits per heavy atom. The molecule has 3 N–H and O–H groups in total. The third-order valence-corrected chi connectivity index (χ3v) is 3.91. The molecule has 2 aromatic carbocycles. The number of halogens is 1. The van der Waals surface area contributed by atoms with E-state index in [0.29, 0.717) is 5.69 Å². The number of nitrogens with zero attached hydrogens (tertiary/aromatic N) is 1. The van der Waals surface area contributed by atoms with E-state index in [9.17, 15) is 12.8 Å². The highest BCUT2D eigenvalue weighted by Crippen LogP contribution is 2.20. The Hall–Kier alpha value is -2.59. The summed E-state index contributed by atoms with van der Waals surface area (Å²) in [6.45, 7) is 0. The fourth-order valence-electron chi connectivity index (χ4n) is 1.52. The second kappa shape index (κ2) is 5.19. The number of nitrogen functional groups attached to an aromatic ring is 1. The average Bonchev–Trinajstić information content (AvgIpc) is 2.41. The molecule has 0 spiro atoms. The number of rotatable bonds is 3. The van der Waals surface area contributed by atoms with Crippen molar-refractivity contribution in [2.24, 2.45) is 0 Å². The minimum absolute atomic E-state index is 0.0320. The highest BCUT2D eigenvalue weighted by molar-refractivity contribution is 7.92. The monoisotopic (exact) mass is 291 g/mol. The van der Waals surface area contributed by atoms with Crippen molar-refractivity contribution in [1.82, 2.24) is 0 Å². The maximum absolute atomic E-state index is 13.6. The van der Waals surface area contributed by atoms with Gasteiger partial charge < -0.3 is 5.73 Å². The molecule has 2 rings (SSSR count). The normalized spacial score (nSPS) is 10.8. The van der Waals surface area contributed by atoms with E-state index in [1.165, 1.54) is 36.4 Å². The first-order valence-corrected chi connectivity index (χ1v) is 6.99. The van der Waals surface area contributed by atoms with Gasteiger partial charge in [0.1, 0.15) is 5.82 Å². The Kier molecular flexibility index (Phi) is 3.59. The van der Waals surface area contributed by atoms with Gasteiger partial charge in [-0.3, -0.25) is 4.72 Å². The molecule has 0 saturated carbocycles. The predicted molar refractivity (Wildman–Crippen MR) is 72.8 cm³/mol. The molecule has 0 aliphatic carbocycles. The SMILES string of the molecule is N#Cc1ccc(NS(=O)(=O)c2ccc(N)cc2)c(F)c1. The zero-order chi connectivity index (χ0) is 14.8. The summed E-state index contributed by atoms with van der Waals surface area (Å²) in [6.07, 6.45) is 0. The minimum atomic E-state index is -3.90. The van der Waals surface area contributed by atoms with E-state index in [0.717, 1.165) is 6.07 Å². The Morgan fingerprint density at radius 2 is 1.80 bits per heavy atom. The second-order valence-electron chi connectivity index (χ2n) is 3.98. The van der Waals surface area contributed by atoms with Gasteiger partial charge in [0.25, 0.3) is 10.0 Å². The Labute approximate surface area is 115 Å². The van der Waals surface area contributed by atoms with Crippen molar-refractivity contribution in [3.05, 3.63) is 53.8 Å². The Bertz CT molecular complexity index is 780. The Morgan fingerprint density at radius 1 is 1.15 bits per heavy atom. The smallest absolute Gasteiger partial charge is 0.261 e. The number of nitriles is 1. The van der Waals surface area contributed by atoms with Crippen molar-refractivity contribution < 1.29 is 12.8 Å². The van der Waals surface area contributed by atoms with Gasteiger partial charge in [-0.15, -0.1) is 0 Å². The molecule has 0 amide bonds. The molecule has 0 aliphatic heterocycles. The van der Waals surface area contributed by atoms with E-state index in [1.807, 2.05) is 0 Å². The number of hydrogen-bond donors (Lipinski definition) is 2. The molecule has 0 saturated heterocycles. The summed E-state index contributed by atoms with van der Waals surface area (Å²) in [7, 11) is -3.90. The van der Waals surface area contributed by atoms with Crippen LogP contribution in [0.5, 0.6) is 0 Å². The van der Waals surface area contributed by atoms with Gasteiger partial charge in [0.2, 0.25) is 0 Å². The summed E-state index contributed by atoms with van der Waals surface area (Å²) < 4.78 is 39.8. The van der Waals surface area contributed by atoms with Crippen LogP contribution in [0.15, 0.2) is 47.4 Å². The fraction of sp³-hybridized carbons (Fsp3) is 0. The zero-order valence-electron chi connectivity index (χ0n) is 10.2. The maximum Gasteiger partial charge on any atom is 0.261 e. The quantitative estimate of drug-likeness (QED) is 0.846. The second-order valence-corrected chi connectivity index (χ2v) is 5.66. The van der Waals surface area contributed by atoms with Crippen LogP contribution in [0.3, 0.4) is 0 Å². The molecule has 0 atom stereocenters. The molecule has 2 aromatic rings. The number of benzene rings is 2. The molecule has 7 heteroatoms. The summed E-state index contributed by atoms with van der Waals surface area (Å²) in [5.74, 6) is -0.817. The first-order chi connectivity index (χ1) is 9.42. The molecule has 0 aliphatic rings. The van der Waals surface area contributed by atoms with Crippen LogP contribution in [0.2, 0.25) is 0 Å². The lowest BCUT2D eigenvalue weighted by molar-refractivity contribution is 0.598. The lowest BCUT2D eigenvalue weighted by Crippen LogP contribution is -2.14. The minimum Gasteiger partial charge on any atom is -0.399 e. The van der Waals surface area contributed by atoms with Crippen LogP contribution < -0.4 is 10.5 Å². The number of hydrogen-bond acceptors (Lipinski definition) is 4. The van der Waals surface area contributed by atoms with Crippen LogP contribution in [0.1, 0.15) is 5.56 Å². The van der Waals surface area contributed by atoms with E-state index in [-0.39, 0.29) is 16.1 Å². The molecule has 0 aromatic heterocycles. The van der Waals surface area contributed by atoms with Crippen LogP contribution in [0.4, 0.5) is 15.8 Å². The highest BCUT2D eigenvalue weighted by atomic mass is 32.2. The van der Waals surface area contributed by atoms with Gasteiger partial charge in [0.15, 0.2) is 0 Å². The molecule has 0 bridgehead atoms. The number of nitrogens with two attached hydrogens (primary N) is 1. The molecule has 0 heterocycles. The van der Waals surface area contributed by atoms with Crippen molar-refractivity contribution in [1.29, 1.82) is 5.26 Å². The van der Waals surface area contributed by atoms with Gasteiger partial charge in [-0.25, -0.2) is 12.8 Å². The molecular formula is C13H10FN3O2S. The van der Waals surface area contributed by atoms with Gasteiger partial charge >= 0.3 is 0 Å². The molecular weight excluding hydrogens is 281 g/mol. The summed E-state index contributed by atoms with van der Waals surface area (Å²) >= 11 is 0. The molecule has 0 fully saturated rings. The van der Waals surface area contributed by atoms with E-state index in [1.54, 1.807) is 6.07 Å². The summed E-state index contributed by atoms with van der Waals surface area (Å²) in [5, 5.41) is 8.62. The zero-order valence-corrected chi connectivity index (χ0v) is 11.0. The van der Waals surface area contributed by atoms with Crippen molar-refractivity contribution in [2.75, 3.05) is 10.5 Å². The van der Waals surface area contributed by atoms with Crippen LogP contribution in [0.25, 0.3) is 0 Å². The van der Waals surface area contributed by atoms with E-state index in [2.05, 4.69) is 4.72 Å². The van der Waals surface area contributed by atoms with E-state index >= 15 is 0 Å². The maximum atomic E-state index is 13.6. The Balaban J connectivity index is 2.34. The van der Waals surface area contributed by atoms with Crippen LogP contribution in [0, 0.1) is 17.1 Å². The van der Waals surface area contributed by atoms with Crippen molar-refractivity contribution in [3.8, 4) is 6.07 Å². The molecule has 0 radical (unpaired) electrons. The molecule has 102 valence electrons. The van der Waals surface area contributed by atoms with E-state index in [4.69, 9.17) is 11.0 Å². The molecule has 20 heavy (non-hydrogen) atoms. The van der Waals surface area contributed by atoms with Crippen molar-refractivity contribution in [3.63, 3.8) is 0 Å². The average molecular weight is 291 g/mol. The van der Waals surface area contributed by atoms with Crippen LogP contribution >= 0.6 is 0 Å². The van der Waals surface area contributed by atoms with E-state index < -0.39 is 15.8 Å². The fourth-order valence-corrected chi connectivity index (χ4v) is 2.59. The molecule has 0 unspecified atom stereocenters. The lowest BCUT2D eigenvalue weighted by atomic mass is 10.2. The summed E-state index contributed by atoms with van der Waals surface area (Å²) in [6, 6.07) is 10.8. The predicted octanol–water partition coefficient (Wildman–Crippen LogP) is 2.08. The summed E-state index contributed by atoms with van der Waals surface area (Å²) in [5.41, 5.74) is 5.79. The lowest BCUT2D eigenvalue weighted by Gasteiger charge is -2.09. The van der Waals surface area contributed by atoms with Gasteiger partial charge in [0.05, 0.1) is 22.2 Å². The van der Waals surface area contributed by atoms with Crippen molar-refractivity contribution in [2.45, 2.75) is 4.90 Å². The third kappa shape index (κ3) is 2.87. The van der Waals surface area contributed by atoms with Gasteiger partial charge in [-0.2, -0.15) is 5.26 Å². The van der Waals surface area contributed by atoms with Crippen LogP contribution in [-0.2, 0) is 10.0 Å². The number of nitrogens with one attached hydrogen (secondary N) is 1. The first kappa shape index (κ1) is 13.8. The highest BCUT2D eigenvalue weighted by Gasteiger charge is 2.16. The number of sulfonamides is 1. The van der Waals surface area contributed by atoms with Gasteiger partial charge in [0, 0.05) is 5.69 Å². The third-order valence-electron chi connectivity index (χ3n) is 2.53. The largest absolute Gasteiger partial charge is 0.399 e. The summed E-state index contributed by atoms with van der Waals surface area (Å²) in [4.78, 5) is -0.0320. The standard InChI is InChI=1S/C13H10FN3O2S/c14-12-7-9(8-15)1-6-13(12)17-20(18,19)11-4-2-10(16)3-5-11/h1-7,17H,16H2. The van der Waals surface area contributed by atoms with Crippen molar-refractivity contribution >= 4 is 21.4 Å². The van der Waals surface area contributed by atoms with Gasteiger partial charge in [-0.05, 0) is 42.5 Å². The number of anilines is 2. The van der Waals surface area contributed by atoms with Crippen LogP contribution in [-0.4, -0.2) is 8.42 Å².